The zero-order valence-corrected chi connectivity index (χ0v) is 17.8. The monoisotopic (exact) mass is 444 g/mol. The molecule has 2 N–H and O–H groups in total. The Labute approximate surface area is 180 Å². The van der Waals surface area contributed by atoms with Gasteiger partial charge in [-0.2, -0.15) is 4.31 Å². The van der Waals surface area contributed by atoms with Crippen molar-refractivity contribution in [1.82, 2.24) is 9.21 Å². The Balaban J connectivity index is 1.44. The van der Waals surface area contributed by atoms with E-state index in [0.717, 1.165) is 24.8 Å². The van der Waals surface area contributed by atoms with Crippen LogP contribution in [0, 0.1) is 10.1 Å². The second kappa shape index (κ2) is 8.37. The van der Waals surface area contributed by atoms with Crippen LogP contribution in [0.1, 0.15) is 33.5 Å². The van der Waals surface area contributed by atoms with Crippen LogP contribution in [-0.4, -0.2) is 54.6 Å². The van der Waals surface area contributed by atoms with Crippen LogP contribution >= 0.6 is 0 Å². The van der Waals surface area contributed by atoms with E-state index in [9.17, 15) is 23.3 Å². The van der Waals surface area contributed by atoms with E-state index in [1.54, 1.807) is 12.1 Å². The summed E-state index contributed by atoms with van der Waals surface area (Å²) in [4.78, 5) is 24.5. The predicted octanol–water partition coefficient (Wildman–Crippen LogP) is 1.69. The Kier molecular flexibility index (Phi) is 5.78. The van der Waals surface area contributed by atoms with Crippen molar-refractivity contribution in [1.29, 1.82) is 0 Å². The molecule has 1 saturated heterocycles. The second-order valence-electron chi connectivity index (χ2n) is 7.93. The van der Waals surface area contributed by atoms with Gasteiger partial charge < -0.3 is 5.73 Å². The Morgan fingerprint density at radius 3 is 2.42 bits per heavy atom. The molecule has 1 aliphatic carbocycles. The van der Waals surface area contributed by atoms with Gasteiger partial charge in [-0.25, -0.2) is 8.42 Å². The number of carbonyl (C=O) groups is 1. The van der Waals surface area contributed by atoms with Crippen molar-refractivity contribution >= 4 is 21.6 Å². The van der Waals surface area contributed by atoms with Crippen molar-refractivity contribution < 1.29 is 18.1 Å². The quantitative estimate of drug-likeness (QED) is 0.534. The minimum absolute atomic E-state index is 0.0840. The first kappa shape index (κ1) is 21.4. The summed E-state index contributed by atoms with van der Waals surface area (Å²) in [7, 11) is -3.57. The molecule has 2 aliphatic rings. The lowest BCUT2D eigenvalue weighted by molar-refractivity contribution is -0.385. The molecule has 0 radical (unpaired) electrons. The number of nitrogens with two attached hydrogens (primary N) is 1. The fourth-order valence-electron chi connectivity index (χ4n) is 4.25. The van der Waals surface area contributed by atoms with Gasteiger partial charge in [-0.05, 0) is 48.6 Å². The van der Waals surface area contributed by atoms with E-state index in [1.807, 2.05) is 11.0 Å². The molecule has 0 unspecified atom stereocenters. The zero-order valence-electron chi connectivity index (χ0n) is 17.0. The molecule has 0 bridgehead atoms. The topological polar surface area (TPSA) is 127 Å². The summed E-state index contributed by atoms with van der Waals surface area (Å²) >= 11 is 0. The third-order valence-corrected chi connectivity index (χ3v) is 7.89. The number of fused-ring (bicyclic) bond motifs is 1. The summed E-state index contributed by atoms with van der Waals surface area (Å²) in [6.07, 6.45) is 2.98. The van der Waals surface area contributed by atoms with Crippen LogP contribution in [0.25, 0.3) is 0 Å². The number of rotatable bonds is 6. The first-order valence-corrected chi connectivity index (χ1v) is 11.6. The zero-order chi connectivity index (χ0) is 22.2. The summed E-state index contributed by atoms with van der Waals surface area (Å²) < 4.78 is 27.6. The van der Waals surface area contributed by atoms with E-state index in [4.69, 9.17) is 5.73 Å². The van der Waals surface area contributed by atoms with E-state index >= 15 is 0 Å². The lowest BCUT2D eigenvalue weighted by atomic mass is 10.1. The maximum absolute atomic E-state index is 13.1. The number of hydrogen-bond acceptors (Lipinski definition) is 6. The standard InChI is InChI=1S/C21H24N4O5S/c22-21(26)17-4-5-18(20(13-17)25(27)28)14-23-8-10-24(11-9-23)31(29,30)19-7-6-15-2-1-3-16(15)12-19/h4-7,12-13H,1-3,8-11,14H2,(H2,22,26). The minimum Gasteiger partial charge on any atom is -0.366 e. The molecule has 1 amide bonds. The number of sulfonamides is 1. The molecule has 1 heterocycles. The van der Waals surface area contributed by atoms with Gasteiger partial charge in [0.2, 0.25) is 15.9 Å². The summed E-state index contributed by atoms with van der Waals surface area (Å²) in [6, 6.07) is 9.60. The summed E-state index contributed by atoms with van der Waals surface area (Å²) in [5, 5.41) is 11.4. The van der Waals surface area contributed by atoms with Crippen LogP contribution in [-0.2, 0) is 29.4 Å². The summed E-state index contributed by atoms with van der Waals surface area (Å²) in [5.41, 5.74) is 7.95. The summed E-state index contributed by atoms with van der Waals surface area (Å²) in [5.74, 6) is -0.722. The van der Waals surface area contributed by atoms with Crippen LogP contribution in [0.2, 0.25) is 0 Å². The van der Waals surface area contributed by atoms with Gasteiger partial charge in [0.15, 0.2) is 0 Å². The van der Waals surface area contributed by atoms with Crippen molar-refractivity contribution in [2.24, 2.45) is 5.73 Å². The average Bonchev–Trinajstić information content (AvgIpc) is 3.22. The van der Waals surface area contributed by atoms with Gasteiger partial charge in [0.1, 0.15) is 0 Å². The molecule has 1 aliphatic heterocycles. The molecule has 31 heavy (non-hydrogen) atoms. The predicted molar refractivity (Wildman–Crippen MR) is 114 cm³/mol. The normalized spacial score (nSPS) is 17.4. The van der Waals surface area contributed by atoms with E-state index in [0.29, 0.717) is 43.2 Å². The maximum atomic E-state index is 13.1. The third kappa shape index (κ3) is 4.32. The lowest BCUT2D eigenvalue weighted by Crippen LogP contribution is -2.48. The smallest absolute Gasteiger partial charge is 0.274 e. The SMILES string of the molecule is NC(=O)c1ccc(CN2CCN(S(=O)(=O)c3ccc4c(c3)CCC4)CC2)c([N+](=O)[O-])c1. The number of nitro groups is 1. The first-order valence-electron chi connectivity index (χ1n) is 10.2. The number of nitro benzene ring substituents is 1. The van der Waals surface area contributed by atoms with E-state index in [1.165, 1.54) is 28.1 Å². The fourth-order valence-corrected chi connectivity index (χ4v) is 5.72. The van der Waals surface area contributed by atoms with Gasteiger partial charge in [-0.1, -0.05) is 12.1 Å². The molecule has 0 spiro atoms. The largest absolute Gasteiger partial charge is 0.366 e. The molecule has 2 aromatic rings. The third-order valence-electron chi connectivity index (χ3n) is 6.00. The van der Waals surface area contributed by atoms with Gasteiger partial charge in [-0.15, -0.1) is 0 Å². The molecule has 4 rings (SSSR count). The Hall–Kier alpha value is -2.82. The van der Waals surface area contributed by atoms with Gasteiger partial charge in [0, 0.05) is 49.9 Å². The highest BCUT2D eigenvalue weighted by Gasteiger charge is 2.30. The Morgan fingerprint density at radius 2 is 1.74 bits per heavy atom. The number of carbonyl (C=O) groups excluding carboxylic acids is 1. The molecule has 164 valence electrons. The second-order valence-corrected chi connectivity index (χ2v) is 9.87. The van der Waals surface area contributed by atoms with E-state index in [2.05, 4.69) is 0 Å². The van der Waals surface area contributed by atoms with Gasteiger partial charge in [-0.3, -0.25) is 19.8 Å². The molecule has 2 aromatic carbocycles. The molecule has 10 heteroatoms. The molecule has 1 fully saturated rings. The minimum atomic E-state index is -3.57. The van der Waals surface area contributed by atoms with E-state index < -0.39 is 20.9 Å². The highest BCUT2D eigenvalue weighted by molar-refractivity contribution is 7.89. The van der Waals surface area contributed by atoms with Gasteiger partial charge >= 0.3 is 0 Å². The molecule has 0 atom stereocenters. The van der Waals surface area contributed by atoms with Crippen LogP contribution in [0.15, 0.2) is 41.3 Å². The first-order chi connectivity index (χ1) is 14.8. The number of piperazine rings is 1. The molecule has 0 aromatic heterocycles. The van der Waals surface area contributed by atoms with Crippen LogP contribution in [0.5, 0.6) is 0 Å². The number of amides is 1. The number of primary amides is 1. The van der Waals surface area contributed by atoms with Crippen molar-refractivity contribution in [3.05, 3.63) is 68.8 Å². The molecule has 0 saturated carbocycles. The lowest BCUT2D eigenvalue weighted by Gasteiger charge is -2.34. The number of benzene rings is 2. The molecular weight excluding hydrogens is 420 g/mol. The van der Waals surface area contributed by atoms with Crippen molar-refractivity contribution in [2.45, 2.75) is 30.7 Å². The van der Waals surface area contributed by atoms with Crippen molar-refractivity contribution in [3.63, 3.8) is 0 Å². The van der Waals surface area contributed by atoms with Crippen molar-refractivity contribution in [3.8, 4) is 0 Å². The highest BCUT2D eigenvalue weighted by Crippen LogP contribution is 2.27. The fraction of sp³-hybridized carbons (Fsp3) is 0.381. The Morgan fingerprint density at radius 1 is 1.03 bits per heavy atom. The van der Waals surface area contributed by atoms with Gasteiger partial charge in [0.05, 0.1) is 9.82 Å². The Bertz CT molecular complexity index is 1140. The number of aryl methyl sites for hydroxylation is 2. The van der Waals surface area contributed by atoms with Crippen LogP contribution < -0.4 is 5.73 Å². The molecular formula is C21H24N4O5S. The van der Waals surface area contributed by atoms with Gasteiger partial charge in [0.25, 0.3) is 5.69 Å². The number of hydrogen-bond donors (Lipinski definition) is 1. The van der Waals surface area contributed by atoms with E-state index in [-0.39, 0.29) is 11.3 Å². The van der Waals surface area contributed by atoms with Crippen LogP contribution in [0.3, 0.4) is 0 Å². The van der Waals surface area contributed by atoms with Crippen LogP contribution in [0.4, 0.5) is 5.69 Å². The highest BCUT2D eigenvalue weighted by atomic mass is 32.2. The maximum Gasteiger partial charge on any atom is 0.274 e. The van der Waals surface area contributed by atoms with Crippen molar-refractivity contribution in [2.75, 3.05) is 26.2 Å². The summed E-state index contributed by atoms with van der Waals surface area (Å²) in [6.45, 7) is 1.83. The number of nitrogens with zero attached hydrogens (tertiary/aromatic N) is 3. The average molecular weight is 445 g/mol. The molecule has 9 nitrogen and oxygen atoms in total.